The monoisotopic (exact) mass is 467 g/mol. The molecule has 1 aromatic rings. The summed E-state index contributed by atoms with van der Waals surface area (Å²) in [5.41, 5.74) is 0. The number of nitrogens with zero attached hydrogens (tertiary/aromatic N) is 1. The highest BCUT2D eigenvalue weighted by Crippen LogP contribution is 2.15. The van der Waals surface area contributed by atoms with Crippen LogP contribution in [0.15, 0.2) is 40.2 Å². The molecule has 138 valence electrons. The van der Waals surface area contributed by atoms with Gasteiger partial charge in [-0.3, -0.25) is 4.99 Å². The molecule has 0 unspecified atom stereocenters. The fourth-order valence-corrected chi connectivity index (χ4v) is 2.65. The Kier molecular flexibility index (Phi) is 16.9. The number of guanidine groups is 1. The maximum absolute atomic E-state index is 5.43. The van der Waals surface area contributed by atoms with Crippen molar-refractivity contribution < 1.29 is 9.47 Å². The Hall–Kier alpha value is -0.510. The summed E-state index contributed by atoms with van der Waals surface area (Å²) in [4.78, 5) is 5.53. The minimum Gasteiger partial charge on any atom is -0.382 e. The number of unbranched alkanes of at least 4 members (excludes halogenated alkanes) is 1. The summed E-state index contributed by atoms with van der Waals surface area (Å²) in [5, 5.41) is 6.65. The summed E-state index contributed by atoms with van der Waals surface area (Å²) in [6.07, 6.45) is 2.10. The lowest BCUT2D eigenvalue weighted by Crippen LogP contribution is -2.38. The fraction of sp³-hybridized carbons (Fsp3) is 0.588. The molecule has 0 radical (unpaired) electrons. The van der Waals surface area contributed by atoms with Gasteiger partial charge >= 0.3 is 0 Å². The molecule has 0 saturated heterocycles. The van der Waals surface area contributed by atoms with Crippen LogP contribution >= 0.6 is 35.7 Å². The van der Waals surface area contributed by atoms with E-state index in [1.807, 2.05) is 17.8 Å². The topological polar surface area (TPSA) is 54.9 Å². The maximum atomic E-state index is 5.43. The van der Waals surface area contributed by atoms with Gasteiger partial charge in [-0.2, -0.15) is 0 Å². The van der Waals surface area contributed by atoms with E-state index in [1.54, 1.807) is 14.2 Å². The van der Waals surface area contributed by atoms with Crippen LogP contribution in [0.25, 0.3) is 0 Å². The quantitative estimate of drug-likeness (QED) is 0.163. The highest BCUT2D eigenvalue weighted by atomic mass is 127. The molecular weight excluding hydrogens is 437 g/mol. The van der Waals surface area contributed by atoms with Crippen molar-refractivity contribution in [3.63, 3.8) is 0 Å². The molecule has 24 heavy (non-hydrogen) atoms. The molecular formula is C17H30IN3O2S. The summed E-state index contributed by atoms with van der Waals surface area (Å²) in [6, 6.07) is 10.4. The fourth-order valence-electron chi connectivity index (χ4n) is 1.86. The van der Waals surface area contributed by atoms with Gasteiger partial charge in [-0.25, -0.2) is 0 Å². The first-order valence-electron chi connectivity index (χ1n) is 8.06. The van der Waals surface area contributed by atoms with Crippen LogP contribution in [0.5, 0.6) is 0 Å². The number of rotatable bonds is 12. The molecule has 0 aliphatic rings. The van der Waals surface area contributed by atoms with Gasteiger partial charge in [-0.15, -0.1) is 35.7 Å². The highest BCUT2D eigenvalue weighted by Gasteiger charge is 1.98. The second-order valence-electron chi connectivity index (χ2n) is 4.90. The first kappa shape index (κ1) is 23.5. The molecule has 0 aromatic heterocycles. The third-order valence-electron chi connectivity index (χ3n) is 3.07. The van der Waals surface area contributed by atoms with Crippen LogP contribution in [0.2, 0.25) is 0 Å². The Bertz CT molecular complexity index is 422. The molecule has 0 amide bonds. The van der Waals surface area contributed by atoms with Gasteiger partial charge in [-0.05, 0) is 25.0 Å². The summed E-state index contributed by atoms with van der Waals surface area (Å²) in [6.45, 7) is 3.91. The van der Waals surface area contributed by atoms with E-state index in [2.05, 4.69) is 39.9 Å². The van der Waals surface area contributed by atoms with Gasteiger partial charge in [0.05, 0.1) is 13.2 Å². The Morgan fingerprint density at radius 1 is 1.04 bits per heavy atom. The maximum Gasteiger partial charge on any atom is 0.191 e. The minimum atomic E-state index is 0. The molecule has 1 rings (SSSR count). The molecule has 5 nitrogen and oxygen atoms in total. The van der Waals surface area contributed by atoms with Crippen molar-refractivity contribution in [2.75, 3.05) is 52.8 Å². The molecule has 0 aliphatic carbocycles. The van der Waals surface area contributed by atoms with Crippen LogP contribution in [-0.4, -0.2) is 58.8 Å². The van der Waals surface area contributed by atoms with E-state index in [-0.39, 0.29) is 24.0 Å². The predicted molar refractivity (Wildman–Crippen MR) is 114 cm³/mol. The lowest BCUT2D eigenvalue weighted by Gasteiger charge is -2.11. The molecule has 0 aliphatic heterocycles. The largest absolute Gasteiger partial charge is 0.382 e. The van der Waals surface area contributed by atoms with E-state index in [1.165, 1.54) is 4.90 Å². The van der Waals surface area contributed by atoms with E-state index in [4.69, 9.17) is 9.47 Å². The summed E-state index contributed by atoms with van der Waals surface area (Å²) in [5.74, 6) is 1.87. The smallest absolute Gasteiger partial charge is 0.191 e. The highest BCUT2D eigenvalue weighted by molar-refractivity contribution is 14.0. The predicted octanol–water partition coefficient (Wildman–Crippen LogP) is 3.00. The van der Waals surface area contributed by atoms with Crippen LogP contribution < -0.4 is 10.6 Å². The van der Waals surface area contributed by atoms with Crippen molar-refractivity contribution in [1.29, 1.82) is 0 Å². The number of aliphatic imine (C=N–C) groups is 1. The van der Waals surface area contributed by atoms with Crippen LogP contribution in [0.4, 0.5) is 0 Å². The Morgan fingerprint density at radius 2 is 1.79 bits per heavy atom. The van der Waals surface area contributed by atoms with E-state index in [0.29, 0.717) is 13.2 Å². The zero-order chi connectivity index (χ0) is 16.6. The first-order chi connectivity index (χ1) is 11.4. The van der Waals surface area contributed by atoms with Crippen LogP contribution in [0, 0.1) is 0 Å². The average molecular weight is 467 g/mol. The van der Waals surface area contributed by atoms with Gasteiger partial charge in [0.15, 0.2) is 5.96 Å². The van der Waals surface area contributed by atoms with Crippen molar-refractivity contribution in [1.82, 2.24) is 10.6 Å². The number of methoxy groups -OCH3 is 1. The average Bonchev–Trinajstić information content (AvgIpc) is 2.60. The lowest BCUT2D eigenvalue weighted by atomic mass is 10.3. The number of hydrogen-bond acceptors (Lipinski definition) is 4. The van der Waals surface area contributed by atoms with Crippen molar-refractivity contribution in [2.45, 2.75) is 17.7 Å². The number of halogens is 1. The Morgan fingerprint density at radius 3 is 2.50 bits per heavy atom. The molecule has 7 heteroatoms. The molecule has 0 fully saturated rings. The van der Waals surface area contributed by atoms with Crippen molar-refractivity contribution in [2.24, 2.45) is 4.99 Å². The second-order valence-corrected chi connectivity index (χ2v) is 6.07. The van der Waals surface area contributed by atoms with E-state index >= 15 is 0 Å². The normalized spacial score (nSPS) is 11.0. The third-order valence-corrected chi connectivity index (χ3v) is 4.08. The molecule has 0 saturated carbocycles. The number of hydrogen-bond donors (Lipinski definition) is 2. The molecule has 0 heterocycles. The van der Waals surface area contributed by atoms with Crippen LogP contribution in [0.3, 0.4) is 0 Å². The Labute approximate surface area is 167 Å². The number of thioether (sulfide) groups is 1. The summed E-state index contributed by atoms with van der Waals surface area (Å²) >= 11 is 1.84. The minimum absolute atomic E-state index is 0. The van der Waals surface area contributed by atoms with Gasteiger partial charge in [0.25, 0.3) is 0 Å². The number of ether oxygens (including phenoxy) is 2. The van der Waals surface area contributed by atoms with Crippen molar-refractivity contribution in [3.8, 4) is 0 Å². The zero-order valence-electron chi connectivity index (χ0n) is 14.6. The Balaban J connectivity index is 0.00000529. The molecule has 0 spiro atoms. The van der Waals surface area contributed by atoms with Crippen LogP contribution in [0.1, 0.15) is 12.8 Å². The SMILES string of the molecule is CN=C(NCCCCOCCOC)NCCSc1ccccc1.I. The molecule has 0 atom stereocenters. The van der Waals surface area contributed by atoms with E-state index in [9.17, 15) is 0 Å². The van der Waals surface area contributed by atoms with Crippen molar-refractivity contribution in [3.05, 3.63) is 30.3 Å². The van der Waals surface area contributed by atoms with Gasteiger partial charge in [0.2, 0.25) is 0 Å². The van der Waals surface area contributed by atoms with Gasteiger partial charge < -0.3 is 20.1 Å². The number of benzene rings is 1. The van der Waals surface area contributed by atoms with Crippen molar-refractivity contribution >= 4 is 41.7 Å². The molecule has 1 aromatic carbocycles. The van der Waals surface area contributed by atoms with Gasteiger partial charge in [0.1, 0.15) is 0 Å². The summed E-state index contributed by atoms with van der Waals surface area (Å²) < 4.78 is 10.4. The molecule has 0 bridgehead atoms. The van der Waals surface area contributed by atoms with Gasteiger partial charge in [-0.1, -0.05) is 18.2 Å². The first-order valence-corrected chi connectivity index (χ1v) is 9.04. The molecule has 2 N–H and O–H groups in total. The van der Waals surface area contributed by atoms with Crippen LogP contribution in [-0.2, 0) is 9.47 Å². The van der Waals surface area contributed by atoms with E-state index < -0.39 is 0 Å². The standard InChI is InChI=1S/C17H29N3O2S.HI/c1-18-17(19-10-6-7-12-22-14-13-21-2)20-11-15-23-16-8-4-3-5-9-16;/h3-5,8-9H,6-7,10-15H2,1-2H3,(H2,18,19,20);1H. The van der Waals surface area contributed by atoms with Gasteiger partial charge in [0, 0.05) is 44.5 Å². The second kappa shape index (κ2) is 17.3. The third kappa shape index (κ3) is 12.9. The lowest BCUT2D eigenvalue weighted by molar-refractivity contribution is 0.0689. The zero-order valence-corrected chi connectivity index (χ0v) is 17.8. The number of nitrogens with one attached hydrogen (secondary N) is 2. The van der Waals surface area contributed by atoms with E-state index in [0.717, 1.165) is 44.3 Å². The summed E-state index contributed by atoms with van der Waals surface area (Å²) in [7, 11) is 3.48.